The van der Waals surface area contributed by atoms with Crippen molar-refractivity contribution in [2.45, 2.75) is 43.4 Å². The Hall–Kier alpha value is -5.84. The van der Waals surface area contributed by atoms with E-state index in [0.717, 1.165) is 66.5 Å². The Labute approximate surface area is 329 Å². The summed E-state index contributed by atoms with van der Waals surface area (Å²) in [5.74, 6) is 3.30. The molecule has 3 nitrogen and oxygen atoms in total. The number of hydrogen-bond donors (Lipinski definition) is 0. The third-order valence-electron chi connectivity index (χ3n) is 10.9. The topological polar surface area (TPSA) is 38.7 Å². The number of hydrogen-bond acceptors (Lipinski definition) is 4. The summed E-state index contributed by atoms with van der Waals surface area (Å²) in [7, 11) is 0. The summed E-state index contributed by atoms with van der Waals surface area (Å²) >= 11 is 1.91. The lowest BCUT2D eigenvalue weighted by atomic mass is 9.77. The van der Waals surface area contributed by atoms with E-state index in [1.807, 2.05) is 36.0 Å². The van der Waals surface area contributed by atoms with Crippen LogP contribution in [-0.4, -0.2) is 20.7 Å². The van der Waals surface area contributed by atoms with Crippen LogP contribution in [0.15, 0.2) is 203 Å². The molecule has 0 amide bonds. The molecule has 0 radical (unpaired) electrons. The van der Waals surface area contributed by atoms with E-state index >= 15 is 0 Å². The van der Waals surface area contributed by atoms with E-state index in [-0.39, 0.29) is 0 Å². The van der Waals surface area contributed by atoms with Crippen molar-refractivity contribution in [3.63, 3.8) is 0 Å². The Balaban J connectivity index is 1.05. The molecule has 4 heteroatoms. The number of allylic oxidation sites excluding steroid dienone is 15. The fourth-order valence-electron chi connectivity index (χ4n) is 8.10. The lowest BCUT2D eigenvalue weighted by Gasteiger charge is -2.28. The van der Waals surface area contributed by atoms with Crippen molar-refractivity contribution in [2.24, 2.45) is 5.92 Å². The van der Waals surface area contributed by atoms with Gasteiger partial charge in [-0.25, -0.2) is 15.0 Å². The van der Waals surface area contributed by atoms with Crippen molar-refractivity contribution < 1.29 is 0 Å². The van der Waals surface area contributed by atoms with Crippen molar-refractivity contribution in [1.82, 2.24) is 15.0 Å². The molecule has 9 rings (SSSR count). The van der Waals surface area contributed by atoms with Gasteiger partial charge in [0.25, 0.3) is 0 Å². The minimum absolute atomic E-state index is 0.351. The first kappa shape index (κ1) is 34.9. The molecule has 0 fully saturated rings. The van der Waals surface area contributed by atoms with Crippen LogP contribution in [0.3, 0.4) is 0 Å². The first-order chi connectivity index (χ1) is 27.3. The molecule has 5 aromatic rings. The normalized spacial score (nSPS) is 20.8. The average molecular weight is 730 g/mol. The molecule has 0 spiro atoms. The monoisotopic (exact) mass is 729 g/mol. The highest BCUT2D eigenvalue weighted by Gasteiger charge is 2.24. The fraction of sp³-hybridized carbons (Fsp3) is 0.157. The molecule has 3 aliphatic carbocycles. The summed E-state index contributed by atoms with van der Waals surface area (Å²) in [6.07, 6.45) is 31.9. The zero-order valence-electron chi connectivity index (χ0n) is 30.9. The molecule has 0 saturated carbocycles. The van der Waals surface area contributed by atoms with Gasteiger partial charge in [-0.1, -0.05) is 158 Å². The number of fused-ring (bicyclic) bond motifs is 2. The molecular formula is C51H43N3S. The minimum atomic E-state index is 0.351. The predicted octanol–water partition coefficient (Wildman–Crippen LogP) is 13.1. The number of aromatic nitrogens is 3. The molecule has 1 aliphatic heterocycles. The lowest BCUT2D eigenvalue weighted by Crippen LogP contribution is -2.12. The summed E-state index contributed by atoms with van der Waals surface area (Å²) in [4.78, 5) is 16.7. The molecule has 1 atom stereocenters. The van der Waals surface area contributed by atoms with E-state index in [1.165, 1.54) is 32.7 Å². The van der Waals surface area contributed by atoms with E-state index < -0.39 is 0 Å². The minimum Gasteiger partial charge on any atom is -0.208 e. The highest BCUT2D eigenvalue weighted by molar-refractivity contribution is 7.99. The first-order valence-electron chi connectivity index (χ1n) is 19.5. The number of rotatable bonds is 5. The highest BCUT2D eigenvalue weighted by atomic mass is 32.2. The molecule has 4 aromatic carbocycles. The van der Waals surface area contributed by atoms with Gasteiger partial charge in [0.2, 0.25) is 0 Å². The van der Waals surface area contributed by atoms with E-state index in [0.29, 0.717) is 23.4 Å². The van der Waals surface area contributed by atoms with Crippen molar-refractivity contribution in [2.75, 3.05) is 5.75 Å². The predicted molar refractivity (Wildman–Crippen MR) is 230 cm³/mol. The third kappa shape index (κ3) is 7.74. The maximum absolute atomic E-state index is 5.21. The molecule has 1 aromatic heterocycles. The van der Waals surface area contributed by atoms with Gasteiger partial charge >= 0.3 is 0 Å². The standard InChI is InChI=1S/C51H43N3S/c1-2-6-19-39-30-31-42(35-47(39)44-26-12-11-20-38(44)18-5-1)37-23-14-27-45-46(28-15-29-48(45)55-33-32-37)51-53-49(40-21-9-4-10-22-40)52-50(54-51)43-25-13-24-41(34-43)36-16-7-3-8-17-36/h1-11,13-17,20-25,28-32,34,42H,12,18-19,26-27,33,35H2/b5-1-,6-2-,23-14-,37-32+. The summed E-state index contributed by atoms with van der Waals surface area (Å²) in [6, 6.07) is 35.8. The van der Waals surface area contributed by atoms with Crippen LogP contribution < -0.4 is 0 Å². The van der Waals surface area contributed by atoms with Gasteiger partial charge in [0.15, 0.2) is 17.5 Å². The summed E-state index contributed by atoms with van der Waals surface area (Å²) in [5, 5.41) is 0. The van der Waals surface area contributed by atoms with Crippen LogP contribution >= 0.6 is 11.8 Å². The van der Waals surface area contributed by atoms with E-state index in [2.05, 4.69) is 146 Å². The van der Waals surface area contributed by atoms with Crippen molar-refractivity contribution in [3.05, 3.63) is 203 Å². The van der Waals surface area contributed by atoms with Gasteiger partial charge in [-0.3, -0.25) is 0 Å². The van der Waals surface area contributed by atoms with E-state index in [9.17, 15) is 0 Å². The number of thioether (sulfide) groups is 1. The van der Waals surface area contributed by atoms with Crippen LogP contribution in [0.4, 0.5) is 0 Å². The molecule has 0 saturated heterocycles. The molecule has 0 bridgehead atoms. The quantitative estimate of drug-likeness (QED) is 0.181. The van der Waals surface area contributed by atoms with Gasteiger partial charge in [-0.2, -0.15) is 0 Å². The average Bonchev–Trinajstić information content (AvgIpc) is 3.36. The van der Waals surface area contributed by atoms with Gasteiger partial charge < -0.3 is 0 Å². The van der Waals surface area contributed by atoms with Crippen LogP contribution in [0.1, 0.15) is 37.7 Å². The molecule has 0 N–H and O–H groups in total. The second-order valence-corrected chi connectivity index (χ2v) is 15.5. The van der Waals surface area contributed by atoms with Gasteiger partial charge in [-0.15, -0.1) is 11.8 Å². The van der Waals surface area contributed by atoms with E-state index in [4.69, 9.17) is 15.0 Å². The Morgan fingerprint density at radius 3 is 2.05 bits per heavy atom. The Kier molecular flexibility index (Phi) is 10.3. The zero-order chi connectivity index (χ0) is 36.8. The zero-order valence-corrected chi connectivity index (χ0v) is 31.8. The molecule has 2 heterocycles. The summed E-state index contributed by atoms with van der Waals surface area (Å²) in [5.41, 5.74) is 14.0. The van der Waals surface area contributed by atoms with Crippen LogP contribution in [0.25, 0.3) is 45.3 Å². The highest BCUT2D eigenvalue weighted by Crippen LogP contribution is 2.41. The third-order valence-corrected chi connectivity index (χ3v) is 11.9. The maximum atomic E-state index is 5.21. The van der Waals surface area contributed by atoms with Crippen LogP contribution in [0.2, 0.25) is 0 Å². The Morgan fingerprint density at radius 2 is 1.24 bits per heavy atom. The number of nitrogens with zero attached hydrogens (tertiary/aromatic N) is 3. The van der Waals surface area contributed by atoms with Gasteiger partial charge in [0.1, 0.15) is 0 Å². The van der Waals surface area contributed by atoms with Gasteiger partial charge in [0, 0.05) is 33.3 Å². The van der Waals surface area contributed by atoms with Crippen LogP contribution in [0.5, 0.6) is 0 Å². The van der Waals surface area contributed by atoms with Crippen molar-refractivity contribution in [1.29, 1.82) is 0 Å². The smallest absolute Gasteiger partial charge is 0.164 e. The molecular weight excluding hydrogens is 687 g/mol. The second kappa shape index (κ2) is 16.3. The molecule has 4 aliphatic rings. The molecule has 268 valence electrons. The lowest BCUT2D eigenvalue weighted by molar-refractivity contribution is 0.728. The van der Waals surface area contributed by atoms with Crippen molar-refractivity contribution >= 4 is 11.8 Å². The van der Waals surface area contributed by atoms with Crippen LogP contribution in [0, 0.1) is 5.92 Å². The molecule has 1 unspecified atom stereocenters. The van der Waals surface area contributed by atoms with Gasteiger partial charge in [-0.05, 0) is 95.2 Å². The number of benzene rings is 4. The summed E-state index contributed by atoms with van der Waals surface area (Å²) in [6.45, 7) is 0. The molecule has 55 heavy (non-hydrogen) atoms. The van der Waals surface area contributed by atoms with E-state index in [1.54, 1.807) is 11.1 Å². The SMILES string of the molecule is C1=CC2=C(CC1)C1=C(C=CC(C3=C/CSc4cccc(-c5nc(-c6ccccc6)nc(-c6cccc(-c7ccccc7)c6)n5)c4C/C=C\3)C1)C/C=C\C=C/C2. The fourth-order valence-corrected chi connectivity index (χ4v) is 9.10. The Morgan fingerprint density at radius 1 is 0.545 bits per heavy atom. The Bertz CT molecular complexity index is 2480. The first-order valence-corrected chi connectivity index (χ1v) is 20.5. The second-order valence-electron chi connectivity index (χ2n) is 14.4. The summed E-state index contributed by atoms with van der Waals surface area (Å²) < 4.78 is 0. The van der Waals surface area contributed by atoms with Gasteiger partial charge in [0.05, 0.1) is 0 Å². The van der Waals surface area contributed by atoms with Crippen molar-refractivity contribution in [3.8, 4) is 45.3 Å². The van der Waals surface area contributed by atoms with Crippen LogP contribution in [-0.2, 0) is 6.42 Å². The largest absolute Gasteiger partial charge is 0.208 e. The maximum Gasteiger partial charge on any atom is 0.164 e.